The molecule has 10 heteroatoms. The van der Waals surface area contributed by atoms with Gasteiger partial charge in [0.1, 0.15) is 18.3 Å². The Hall–Kier alpha value is -1.58. The summed E-state index contributed by atoms with van der Waals surface area (Å²) in [6.45, 7) is 0.559. The highest BCUT2D eigenvalue weighted by Crippen LogP contribution is 2.22. The Morgan fingerprint density at radius 2 is 2.22 bits per heavy atom. The summed E-state index contributed by atoms with van der Waals surface area (Å²) in [5.41, 5.74) is 10.3. The zero-order chi connectivity index (χ0) is 13.7. The average molecular weight is 262 g/mol. The number of hydrogen-bond donors (Lipinski definition) is 4. The van der Waals surface area contributed by atoms with Gasteiger partial charge in [-0.3, -0.25) is 4.79 Å². The molecular formula is C8H14N4O6. The summed E-state index contributed by atoms with van der Waals surface area (Å²) in [5, 5.41) is 31.3. The number of hydrogen-bond acceptors (Lipinski definition) is 7. The van der Waals surface area contributed by atoms with Crippen molar-refractivity contribution >= 4 is 5.97 Å². The fraction of sp³-hybridized carbons (Fsp3) is 0.875. The quantitative estimate of drug-likeness (QED) is 0.152. The molecule has 1 aliphatic rings. The molecule has 0 radical (unpaired) electrons. The molecular weight excluding hydrogens is 248 g/mol. The maximum Gasteiger partial charge on any atom is 0.305 e. The van der Waals surface area contributed by atoms with Crippen molar-refractivity contribution in [1.29, 1.82) is 0 Å². The third kappa shape index (κ3) is 3.22. The summed E-state index contributed by atoms with van der Waals surface area (Å²) >= 11 is 0. The first-order valence-electron chi connectivity index (χ1n) is 5.10. The van der Waals surface area contributed by atoms with E-state index >= 15 is 0 Å². The number of rotatable bonds is 4. The summed E-state index contributed by atoms with van der Waals surface area (Å²) < 4.78 is 9.85. The molecule has 0 aliphatic carbocycles. The second-order valence-corrected chi connectivity index (χ2v) is 3.66. The molecule has 1 heterocycles. The highest BCUT2D eigenvalue weighted by molar-refractivity contribution is 5.66. The van der Waals surface area contributed by atoms with E-state index in [1.807, 2.05) is 0 Å². The van der Waals surface area contributed by atoms with Crippen molar-refractivity contribution in [3.8, 4) is 0 Å². The molecule has 0 spiro atoms. The van der Waals surface area contributed by atoms with E-state index in [-0.39, 0.29) is 0 Å². The van der Waals surface area contributed by atoms with E-state index < -0.39 is 43.2 Å². The number of esters is 1. The highest BCUT2D eigenvalue weighted by Gasteiger charge is 2.47. The maximum atomic E-state index is 10.9. The van der Waals surface area contributed by atoms with Gasteiger partial charge >= 0.3 is 5.97 Å². The molecule has 1 aliphatic heterocycles. The lowest BCUT2D eigenvalue weighted by molar-refractivity contribution is -0.263. The molecule has 0 amide bonds. The van der Waals surface area contributed by atoms with Crippen LogP contribution in [0.5, 0.6) is 0 Å². The number of azide groups is 1. The van der Waals surface area contributed by atoms with Crippen molar-refractivity contribution in [2.24, 2.45) is 5.22 Å². The summed E-state index contributed by atoms with van der Waals surface area (Å²) in [7, 11) is 0. The zero-order valence-corrected chi connectivity index (χ0v) is 9.50. The van der Waals surface area contributed by atoms with Gasteiger partial charge in [0, 0.05) is 6.92 Å². The molecule has 0 aromatic rings. The van der Waals surface area contributed by atoms with Crippen LogP contribution in [0.25, 0.3) is 10.4 Å². The minimum absolute atomic E-state index is 0.565. The fourth-order valence-electron chi connectivity index (χ4n) is 1.58. The molecule has 1 unspecified atom stereocenters. The van der Waals surface area contributed by atoms with E-state index in [2.05, 4.69) is 15.6 Å². The number of aliphatic hydroxyl groups is 3. The van der Waals surface area contributed by atoms with Gasteiger partial charge in [-0.1, -0.05) is 0 Å². The summed E-state index contributed by atoms with van der Waals surface area (Å²) in [5.74, 6) is -0.687. The maximum absolute atomic E-state index is 10.9. The van der Waals surface area contributed by atoms with Crippen molar-refractivity contribution in [1.82, 2.24) is 5.43 Å². The zero-order valence-electron chi connectivity index (χ0n) is 9.50. The Kier molecular flexibility index (Phi) is 5.13. The van der Waals surface area contributed by atoms with Crippen LogP contribution in [0.4, 0.5) is 0 Å². The van der Waals surface area contributed by atoms with E-state index in [4.69, 9.17) is 20.1 Å². The molecule has 0 aromatic heterocycles. The lowest BCUT2D eigenvalue weighted by atomic mass is 9.97. The van der Waals surface area contributed by atoms with Gasteiger partial charge in [-0.15, -0.1) is 5.53 Å². The van der Waals surface area contributed by atoms with Gasteiger partial charge in [-0.2, -0.15) is 4.91 Å². The largest absolute Gasteiger partial charge is 0.431 e. The smallest absolute Gasteiger partial charge is 0.305 e. The molecule has 5 atom stereocenters. The van der Waals surface area contributed by atoms with Crippen LogP contribution in [0.1, 0.15) is 6.92 Å². The van der Waals surface area contributed by atoms with Gasteiger partial charge in [-0.25, -0.2) is 5.43 Å². The molecule has 10 nitrogen and oxygen atoms in total. The van der Waals surface area contributed by atoms with Crippen LogP contribution in [0, 0.1) is 0 Å². The van der Waals surface area contributed by atoms with E-state index in [0.29, 0.717) is 0 Å². The van der Waals surface area contributed by atoms with Crippen molar-refractivity contribution in [3.05, 3.63) is 10.4 Å². The van der Waals surface area contributed by atoms with Crippen molar-refractivity contribution < 1.29 is 29.6 Å². The molecule has 0 saturated carbocycles. The normalized spacial score (nSPS) is 35.4. The van der Waals surface area contributed by atoms with Gasteiger partial charge in [0.2, 0.25) is 6.29 Å². The minimum atomic E-state index is -1.44. The number of ether oxygens (including phenoxy) is 2. The molecule has 0 bridgehead atoms. The Bertz CT molecular complexity index is 346. The topological polar surface area (TPSA) is 157 Å². The Balaban J connectivity index is 2.85. The number of carbonyl (C=O) groups is 1. The first-order valence-corrected chi connectivity index (χ1v) is 5.10. The average Bonchev–Trinajstić information content (AvgIpc) is 2.32. The van der Waals surface area contributed by atoms with E-state index in [9.17, 15) is 15.0 Å². The molecule has 102 valence electrons. The number of carbonyl (C=O) groups excluding carboxylic acids is 1. The summed E-state index contributed by atoms with van der Waals surface area (Å²) in [6.07, 6.45) is -5.24. The van der Waals surface area contributed by atoms with Gasteiger partial charge in [0.05, 0.1) is 6.61 Å². The predicted molar refractivity (Wildman–Crippen MR) is 55.6 cm³/mol. The van der Waals surface area contributed by atoms with Crippen LogP contribution in [0.2, 0.25) is 0 Å². The fourth-order valence-corrected chi connectivity index (χ4v) is 1.58. The van der Waals surface area contributed by atoms with E-state index in [1.54, 1.807) is 0 Å². The number of nitrogens with one attached hydrogen (secondary N) is 1. The molecule has 1 fully saturated rings. The Morgan fingerprint density at radius 3 is 2.72 bits per heavy atom. The first-order chi connectivity index (χ1) is 8.51. The van der Waals surface area contributed by atoms with Gasteiger partial charge in [-0.05, 0) is 5.22 Å². The van der Waals surface area contributed by atoms with Crippen LogP contribution >= 0.6 is 0 Å². The first kappa shape index (κ1) is 14.5. The minimum Gasteiger partial charge on any atom is -0.431 e. The second kappa shape index (κ2) is 6.38. The Morgan fingerprint density at radius 1 is 1.56 bits per heavy atom. The van der Waals surface area contributed by atoms with Gasteiger partial charge < -0.3 is 24.8 Å². The molecule has 0 aromatic carbocycles. The molecule has 1 rings (SSSR count). The lowest BCUT2D eigenvalue weighted by Gasteiger charge is -2.39. The van der Waals surface area contributed by atoms with E-state index in [0.717, 1.165) is 6.92 Å². The third-order valence-electron chi connectivity index (χ3n) is 2.41. The Labute approximate surface area is 102 Å². The van der Waals surface area contributed by atoms with Crippen LogP contribution in [-0.2, 0) is 14.3 Å². The summed E-state index contributed by atoms with van der Waals surface area (Å²) in [4.78, 5) is 13.3. The van der Waals surface area contributed by atoms with E-state index in [1.165, 1.54) is 0 Å². The van der Waals surface area contributed by atoms with Crippen LogP contribution in [-0.4, -0.2) is 58.5 Å². The predicted octanol–water partition coefficient (Wildman–Crippen LogP) is -1.83. The van der Waals surface area contributed by atoms with Gasteiger partial charge in [0.25, 0.3) is 0 Å². The molecule has 18 heavy (non-hydrogen) atoms. The van der Waals surface area contributed by atoms with Crippen LogP contribution < -0.4 is 5.43 Å². The monoisotopic (exact) mass is 262 g/mol. The van der Waals surface area contributed by atoms with Gasteiger partial charge in [0.15, 0.2) is 6.04 Å². The number of aliphatic hydroxyl groups excluding tert-OH is 3. The third-order valence-corrected chi connectivity index (χ3v) is 2.41. The number of nitrogens with zero attached hydrogens (tertiary/aromatic N) is 3. The lowest BCUT2D eigenvalue weighted by Crippen LogP contribution is -2.63. The van der Waals surface area contributed by atoms with Crippen LogP contribution in [0.15, 0.2) is 5.22 Å². The molecule has 1 saturated heterocycles. The SMILES string of the molecule is CC(=O)OC1O[C@H](CO)[C@@H](O)[C@H](O)[C@@H]1NN=[N+]=[N-]. The van der Waals surface area contributed by atoms with Crippen molar-refractivity contribution in [3.63, 3.8) is 0 Å². The molecule has 4 N–H and O–H groups in total. The van der Waals surface area contributed by atoms with Crippen molar-refractivity contribution in [2.45, 2.75) is 37.6 Å². The summed E-state index contributed by atoms with van der Waals surface area (Å²) in [6, 6.07) is -1.14. The van der Waals surface area contributed by atoms with Crippen LogP contribution in [0.3, 0.4) is 0 Å². The standard InChI is InChI=1S/C8H14N4O6/c1-3(14)17-8-5(10-12-11-9)7(16)6(15)4(2-13)18-8/h4-8,10,13,15-16H,2H2,1H3/t4-,5+,6-,7-,8?/m1/s1. The second-order valence-electron chi connectivity index (χ2n) is 3.66. The van der Waals surface area contributed by atoms with Crippen molar-refractivity contribution in [2.75, 3.05) is 6.61 Å². The highest BCUT2D eigenvalue weighted by atomic mass is 16.7.